The summed E-state index contributed by atoms with van der Waals surface area (Å²) in [6, 6.07) is 4.84. The van der Waals surface area contributed by atoms with Crippen LogP contribution in [0.5, 0.6) is 0 Å². The maximum atomic E-state index is 10.9. The topological polar surface area (TPSA) is 33.2 Å². The summed E-state index contributed by atoms with van der Waals surface area (Å²) in [6.45, 7) is 2.81. The van der Waals surface area contributed by atoms with Gasteiger partial charge in [-0.2, -0.15) is 0 Å². The lowest BCUT2D eigenvalue weighted by Gasteiger charge is -2.20. The van der Waals surface area contributed by atoms with Crippen LogP contribution in [0.25, 0.3) is 0 Å². The van der Waals surface area contributed by atoms with Crippen molar-refractivity contribution >= 4 is 34.1 Å². The fraction of sp³-hybridized carbons (Fsp3) is 0.385. The largest absolute Gasteiger partial charge is 0.340 e. The highest BCUT2D eigenvalue weighted by Crippen LogP contribution is 2.36. The summed E-state index contributed by atoms with van der Waals surface area (Å²) in [4.78, 5) is 19.9. The molecular formula is C13H14N2OS2. The molecule has 1 saturated carbocycles. The number of rotatable bonds is 5. The molecule has 2 heterocycles. The third kappa shape index (κ3) is 2.33. The molecule has 18 heavy (non-hydrogen) atoms. The van der Waals surface area contributed by atoms with Crippen LogP contribution in [0.4, 0.5) is 5.13 Å². The molecule has 0 aliphatic heterocycles. The molecule has 0 spiro atoms. The monoisotopic (exact) mass is 278 g/mol. The van der Waals surface area contributed by atoms with Crippen molar-refractivity contribution in [3.05, 3.63) is 33.0 Å². The summed E-state index contributed by atoms with van der Waals surface area (Å²) in [5.74, 6) is 0. The second-order valence-corrected chi connectivity index (χ2v) is 6.54. The first-order valence-electron chi connectivity index (χ1n) is 5.99. The Morgan fingerprint density at radius 1 is 1.56 bits per heavy atom. The zero-order chi connectivity index (χ0) is 12.5. The molecule has 1 fully saturated rings. The number of aromatic nitrogens is 1. The van der Waals surface area contributed by atoms with E-state index >= 15 is 0 Å². The number of carbonyl (C=O) groups excluding carboxylic acids is 1. The van der Waals surface area contributed by atoms with Gasteiger partial charge in [-0.05, 0) is 31.2 Å². The Hall–Kier alpha value is -1.20. The van der Waals surface area contributed by atoms with E-state index in [-0.39, 0.29) is 0 Å². The molecule has 0 radical (unpaired) electrons. The summed E-state index contributed by atoms with van der Waals surface area (Å²) in [6.07, 6.45) is 3.38. The first kappa shape index (κ1) is 11.9. The maximum Gasteiger partial charge on any atom is 0.186 e. The highest BCUT2D eigenvalue weighted by molar-refractivity contribution is 7.17. The third-order valence-corrected chi connectivity index (χ3v) is 5.05. The van der Waals surface area contributed by atoms with Crippen molar-refractivity contribution in [2.75, 3.05) is 4.90 Å². The minimum absolute atomic E-state index is 0.608. The summed E-state index contributed by atoms with van der Waals surface area (Å²) in [5.41, 5.74) is 0.849. The van der Waals surface area contributed by atoms with Crippen molar-refractivity contribution in [1.29, 1.82) is 0 Å². The molecule has 0 bridgehead atoms. The normalized spacial score (nSPS) is 14.7. The van der Waals surface area contributed by atoms with Crippen LogP contribution in [-0.4, -0.2) is 17.3 Å². The van der Waals surface area contributed by atoms with Gasteiger partial charge in [-0.1, -0.05) is 17.4 Å². The second kappa shape index (κ2) is 4.82. The van der Waals surface area contributed by atoms with Crippen LogP contribution in [0.3, 0.4) is 0 Å². The zero-order valence-corrected chi connectivity index (χ0v) is 11.8. The standard InChI is InChI=1S/C13H14N2OS2/c1-9-12(8-16)18-13(14-9)15(10-4-5-10)7-11-3-2-6-17-11/h2-3,6,8,10H,4-5,7H2,1H3. The van der Waals surface area contributed by atoms with Gasteiger partial charge in [0.2, 0.25) is 0 Å². The van der Waals surface area contributed by atoms with Crippen LogP contribution >= 0.6 is 22.7 Å². The quantitative estimate of drug-likeness (QED) is 0.785. The van der Waals surface area contributed by atoms with Crippen LogP contribution in [0.15, 0.2) is 17.5 Å². The van der Waals surface area contributed by atoms with Gasteiger partial charge in [-0.3, -0.25) is 4.79 Å². The van der Waals surface area contributed by atoms with Crippen LogP contribution in [0, 0.1) is 6.92 Å². The predicted molar refractivity (Wildman–Crippen MR) is 75.8 cm³/mol. The number of nitrogens with zero attached hydrogens (tertiary/aromatic N) is 2. The minimum atomic E-state index is 0.608. The van der Waals surface area contributed by atoms with Gasteiger partial charge >= 0.3 is 0 Å². The zero-order valence-electron chi connectivity index (χ0n) is 10.1. The van der Waals surface area contributed by atoms with Crippen molar-refractivity contribution in [2.45, 2.75) is 32.4 Å². The minimum Gasteiger partial charge on any atom is -0.340 e. The Balaban J connectivity index is 1.86. The summed E-state index contributed by atoms with van der Waals surface area (Å²) in [7, 11) is 0. The molecule has 94 valence electrons. The Bertz CT molecular complexity index is 543. The molecule has 0 atom stereocenters. The molecular weight excluding hydrogens is 264 g/mol. The van der Waals surface area contributed by atoms with E-state index in [1.807, 2.05) is 6.92 Å². The van der Waals surface area contributed by atoms with Crippen molar-refractivity contribution in [3.63, 3.8) is 0 Å². The molecule has 3 nitrogen and oxygen atoms in total. The van der Waals surface area contributed by atoms with E-state index < -0.39 is 0 Å². The van der Waals surface area contributed by atoms with Crippen molar-refractivity contribution in [2.24, 2.45) is 0 Å². The smallest absolute Gasteiger partial charge is 0.186 e. The lowest BCUT2D eigenvalue weighted by molar-refractivity contribution is 0.112. The molecule has 1 aliphatic carbocycles. The Kier molecular flexibility index (Phi) is 3.18. The van der Waals surface area contributed by atoms with Crippen LogP contribution < -0.4 is 4.90 Å². The molecule has 0 unspecified atom stereocenters. The van der Waals surface area contributed by atoms with Crippen molar-refractivity contribution in [1.82, 2.24) is 4.98 Å². The number of hydrogen-bond donors (Lipinski definition) is 0. The molecule has 2 aromatic heterocycles. The Morgan fingerprint density at radius 2 is 2.39 bits per heavy atom. The van der Waals surface area contributed by atoms with E-state index in [2.05, 4.69) is 27.4 Å². The second-order valence-electron chi connectivity index (χ2n) is 4.50. The molecule has 1 aliphatic rings. The summed E-state index contributed by atoms with van der Waals surface area (Å²) in [5, 5.41) is 3.09. The fourth-order valence-electron chi connectivity index (χ4n) is 1.94. The molecule has 0 N–H and O–H groups in total. The maximum absolute atomic E-state index is 10.9. The lowest BCUT2D eigenvalue weighted by Crippen LogP contribution is -2.24. The SMILES string of the molecule is Cc1nc(N(Cc2cccs2)C2CC2)sc1C=O. The number of thiophene rings is 1. The fourth-order valence-corrected chi connectivity index (χ4v) is 3.59. The van der Waals surface area contributed by atoms with Crippen LogP contribution in [0.2, 0.25) is 0 Å². The van der Waals surface area contributed by atoms with Gasteiger partial charge in [-0.25, -0.2) is 4.98 Å². The Labute approximate surface area is 114 Å². The third-order valence-electron chi connectivity index (χ3n) is 3.07. The Morgan fingerprint density at radius 3 is 2.94 bits per heavy atom. The van der Waals surface area contributed by atoms with Gasteiger partial charge < -0.3 is 4.90 Å². The highest BCUT2D eigenvalue weighted by atomic mass is 32.1. The molecule has 0 amide bonds. The van der Waals surface area contributed by atoms with Gasteiger partial charge in [0.15, 0.2) is 11.4 Å². The number of carbonyl (C=O) groups is 1. The van der Waals surface area contributed by atoms with E-state index in [9.17, 15) is 4.79 Å². The number of thiazole rings is 1. The van der Waals surface area contributed by atoms with E-state index in [4.69, 9.17) is 0 Å². The van der Waals surface area contributed by atoms with Crippen molar-refractivity contribution < 1.29 is 4.79 Å². The average molecular weight is 278 g/mol. The molecule has 5 heteroatoms. The first-order chi connectivity index (χ1) is 8.78. The molecule has 0 saturated heterocycles. The summed E-state index contributed by atoms with van der Waals surface area (Å²) >= 11 is 3.28. The number of aldehydes is 1. The number of aryl methyl sites for hydroxylation is 1. The van der Waals surface area contributed by atoms with Crippen LogP contribution in [0.1, 0.15) is 33.1 Å². The average Bonchev–Trinajstić information content (AvgIpc) is 2.94. The molecule has 3 rings (SSSR count). The van der Waals surface area contributed by atoms with Crippen molar-refractivity contribution in [3.8, 4) is 0 Å². The van der Waals surface area contributed by atoms with E-state index in [1.54, 1.807) is 11.3 Å². The van der Waals surface area contributed by atoms with E-state index in [0.717, 1.165) is 28.5 Å². The van der Waals surface area contributed by atoms with E-state index in [1.165, 1.54) is 29.1 Å². The lowest BCUT2D eigenvalue weighted by atomic mass is 10.4. The molecule has 0 aromatic carbocycles. The van der Waals surface area contributed by atoms with Gasteiger partial charge in [0.25, 0.3) is 0 Å². The first-order valence-corrected chi connectivity index (χ1v) is 7.69. The van der Waals surface area contributed by atoms with Crippen LogP contribution in [-0.2, 0) is 6.54 Å². The van der Waals surface area contributed by atoms with Gasteiger partial charge in [0.1, 0.15) is 0 Å². The van der Waals surface area contributed by atoms with E-state index in [0.29, 0.717) is 6.04 Å². The van der Waals surface area contributed by atoms with Gasteiger partial charge in [0.05, 0.1) is 17.1 Å². The van der Waals surface area contributed by atoms with Gasteiger partial charge in [-0.15, -0.1) is 11.3 Å². The molecule has 2 aromatic rings. The summed E-state index contributed by atoms with van der Waals surface area (Å²) < 4.78 is 0. The predicted octanol–water partition coefficient (Wildman–Crippen LogP) is 3.49. The number of hydrogen-bond acceptors (Lipinski definition) is 5. The highest BCUT2D eigenvalue weighted by Gasteiger charge is 2.31. The van der Waals surface area contributed by atoms with Gasteiger partial charge in [0, 0.05) is 10.9 Å². The number of anilines is 1.